The van der Waals surface area contributed by atoms with Crippen LogP contribution in [0.3, 0.4) is 0 Å². The molecule has 0 spiro atoms. The van der Waals surface area contributed by atoms with E-state index in [2.05, 4.69) is 0 Å². The Morgan fingerprint density at radius 1 is 0.913 bits per heavy atom. The summed E-state index contributed by atoms with van der Waals surface area (Å²) in [5.41, 5.74) is 0.669. The minimum atomic E-state index is -4.01. The number of benzene rings is 1. The van der Waals surface area contributed by atoms with E-state index in [1.165, 1.54) is 6.92 Å². The van der Waals surface area contributed by atoms with Crippen LogP contribution < -0.4 is 4.74 Å². The summed E-state index contributed by atoms with van der Waals surface area (Å²) in [4.78, 5) is 11.1. The van der Waals surface area contributed by atoms with Gasteiger partial charge in [0.25, 0.3) is 0 Å². The molecule has 0 radical (unpaired) electrons. The average Bonchev–Trinajstić information content (AvgIpc) is 2.48. The lowest BCUT2D eigenvalue weighted by Crippen LogP contribution is -2.06. The molecule has 5 heteroatoms. The van der Waals surface area contributed by atoms with Crippen molar-refractivity contribution in [2.45, 2.75) is 64.5 Å². The standard InChI is InChI=1S/C18H25F3O2/c1-15(22)16-9-11-17(12-10-16)23-14-8-6-4-2-3-5-7-13-18(19,20)21/h9-12H,2-8,13-14H2,1H3. The van der Waals surface area contributed by atoms with Crippen LogP contribution >= 0.6 is 0 Å². The van der Waals surface area contributed by atoms with Crippen molar-refractivity contribution in [3.63, 3.8) is 0 Å². The molecule has 0 amide bonds. The first-order valence-electron chi connectivity index (χ1n) is 8.19. The van der Waals surface area contributed by atoms with E-state index in [1.54, 1.807) is 24.3 Å². The predicted molar refractivity (Wildman–Crippen MR) is 84.9 cm³/mol. The second-order valence-corrected chi connectivity index (χ2v) is 5.77. The van der Waals surface area contributed by atoms with Crippen molar-refractivity contribution in [1.29, 1.82) is 0 Å². The van der Waals surface area contributed by atoms with Crippen molar-refractivity contribution < 1.29 is 22.7 Å². The van der Waals surface area contributed by atoms with Gasteiger partial charge in [-0.2, -0.15) is 13.2 Å². The summed E-state index contributed by atoms with van der Waals surface area (Å²) in [6.45, 7) is 2.15. The highest BCUT2D eigenvalue weighted by Gasteiger charge is 2.25. The maximum atomic E-state index is 11.9. The Labute approximate surface area is 136 Å². The van der Waals surface area contributed by atoms with Crippen LogP contribution in [0.1, 0.15) is 68.6 Å². The van der Waals surface area contributed by atoms with Crippen LogP contribution in [0.15, 0.2) is 24.3 Å². The van der Waals surface area contributed by atoms with Gasteiger partial charge in [-0.05, 0) is 44.0 Å². The van der Waals surface area contributed by atoms with Gasteiger partial charge in [0.15, 0.2) is 5.78 Å². The molecule has 0 saturated carbocycles. The van der Waals surface area contributed by atoms with Crippen LogP contribution in [-0.2, 0) is 0 Å². The van der Waals surface area contributed by atoms with E-state index in [0.29, 0.717) is 18.6 Å². The topological polar surface area (TPSA) is 26.3 Å². The monoisotopic (exact) mass is 330 g/mol. The highest BCUT2D eigenvalue weighted by molar-refractivity contribution is 5.94. The predicted octanol–water partition coefficient (Wildman–Crippen LogP) is 5.95. The van der Waals surface area contributed by atoms with Gasteiger partial charge in [-0.3, -0.25) is 4.79 Å². The molecule has 1 aromatic carbocycles. The van der Waals surface area contributed by atoms with Gasteiger partial charge in [0.2, 0.25) is 0 Å². The number of ketones is 1. The molecule has 1 aromatic rings. The number of Topliss-reactive ketones (excluding diaryl/α,β-unsaturated/α-hetero) is 1. The van der Waals surface area contributed by atoms with E-state index >= 15 is 0 Å². The molecule has 0 atom stereocenters. The number of carbonyl (C=O) groups excluding carboxylic acids is 1. The number of hydrogen-bond donors (Lipinski definition) is 0. The largest absolute Gasteiger partial charge is 0.494 e. The van der Waals surface area contributed by atoms with E-state index in [4.69, 9.17) is 4.74 Å². The first kappa shape index (κ1) is 19.5. The fourth-order valence-corrected chi connectivity index (χ4v) is 2.29. The zero-order valence-electron chi connectivity index (χ0n) is 13.6. The molecule has 1 rings (SSSR count). The van der Waals surface area contributed by atoms with Crippen molar-refractivity contribution in [3.8, 4) is 5.75 Å². The Kier molecular flexibility index (Phi) is 8.74. The van der Waals surface area contributed by atoms with Crippen LogP contribution in [0.2, 0.25) is 0 Å². The number of hydrogen-bond acceptors (Lipinski definition) is 2. The molecule has 0 aliphatic carbocycles. The Balaban J connectivity index is 1.96. The summed E-state index contributed by atoms with van der Waals surface area (Å²) >= 11 is 0. The first-order valence-corrected chi connectivity index (χ1v) is 8.19. The lowest BCUT2D eigenvalue weighted by molar-refractivity contribution is -0.135. The highest BCUT2D eigenvalue weighted by Crippen LogP contribution is 2.23. The van der Waals surface area contributed by atoms with Crippen LogP contribution in [0.4, 0.5) is 13.2 Å². The highest BCUT2D eigenvalue weighted by atomic mass is 19.4. The van der Waals surface area contributed by atoms with Gasteiger partial charge in [0.1, 0.15) is 5.75 Å². The molecule has 2 nitrogen and oxygen atoms in total. The first-order chi connectivity index (χ1) is 10.9. The van der Waals surface area contributed by atoms with Crippen LogP contribution in [0.25, 0.3) is 0 Å². The third-order valence-corrected chi connectivity index (χ3v) is 3.63. The number of unbranched alkanes of at least 4 members (excludes halogenated alkanes) is 6. The van der Waals surface area contributed by atoms with E-state index in [0.717, 1.165) is 37.9 Å². The van der Waals surface area contributed by atoms with Gasteiger partial charge in [-0.15, -0.1) is 0 Å². The van der Waals surface area contributed by atoms with Gasteiger partial charge in [0, 0.05) is 12.0 Å². The minimum absolute atomic E-state index is 0.0341. The summed E-state index contributed by atoms with van der Waals surface area (Å²) in [5.74, 6) is 0.786. The molecule has 0 fully saturated rings. The molecule has 0 bridgehead atoms. The van der Waals surface area contributed by atoms with Crippen molar-refractivity contribution in [3.05, 3.63) is 29.8 Å². The molecule has 0 aliphatic rings. The normalized spacial score (nSPS) is 11.5. The summed E-state index contributed by atoms with van der Waals surface area (Å²) in [7, 11) is 0. The summed E-state index contributed by atoms with van der Waals surface area (Å²) < 4.78 is 41.4. The SMILES string of the molecule is CC(=O)c1ccc(OCCCCCCCCCC(F)(F)F)cc1. The second-order valence-electron chi connectivity index (χ2n) is 5.77. The lowest BCUT2D eigenvalue weighted by Gasteiger charge is -2.07. The van der Waals surface area contributed by atoms with Crippen molar-refractivity contribution >= 4 is 5.78 Å². The van der Waals surface area contributed by atoms with E-state index in [1.807, 2.05) is 0 Å². The third kappa shape index (κ3) is 9.97. The smallest absolute Gasteiger partial charge is 0.389 e. The molecule has 0 N–H and O–H groups in total. The van der Waals surface area contributed by atoms with Gasteiger partial charge >= 0.3 is 6.18 Å². The van der Waals surface area contributed by atoms with Crippen LogP contribution in [0.5, 0.6) is 5.75 Å². The number of halogens is 3. The second kappa shape index (κ2) is 10.3. The van der Waals surface area contributed by atoms with Crippen molar-refractivity contribution in [2.75, 3.05) is 6.61 Å². The van der Waals surface area contributed by atoms with Crippen LogP contribution in [0, 0.1) is 0 Å². The molecular formula is C18H25F3O2. The number of carbonyl (C=O) groups is 1. The van der Waals surface area contributed by atoms with Gasteiger partial charge in [0.05, 0.1) is 6.61 Å². The molecule has 130 valence electrons. The van der Waals surface area contributed by atoms with E-state index in [9.17, 15) is 18.0 Å². The maximum absolute atomic E-state index is 11.9. The van der Waals surface area contributed by atoms with Gasteiger partial charge in [-0.25, -0.2) is 0 Å². The number of ether oxygens (including phenoxy) is 1. The van der Waals surface area contributed by atoms with Gasteiger partial charge < -0.3 is 4.74 Å². The van der Waals surface area contributed by atoms with Crippen molar-refractivity contribution in [1.82, 2.24) is 0 Å². The third-order valence-electron chi connectivity index (χ3n) is 3.63. The lowest BCUT2D eigenvalue weighted by atomic mass is 10.1. The average molecular weight is 330 g/mol. The molecule has 0 aromatic heterocycles. The molecule has 0 aliphatic heterocycles. The fourth-order valence-electron chi connectivity index (χ4n) is 2.29. The minimum Gasteiger partial charge on any atom is -0.494 e. The Bertz CT molecular complexity index is 452. The Morgan fingerprint density at radius 3 is 1.96 bits per heavy atom. The number of rotatable bonds is 11. The maximum Gasteiger partial charge on any atom is 0.389 e. The van der Waals surface area contributed by atoms with Crippen LogP contribution in [-0.4, -0.2) is 18.6 Å². The summed E-state index contributed by atoms with van der Waals surface area (Å²) in [5, 5.41) is 0. The Morgan fingerprint density at radius 2 is 1.43 bits per heavy atom. The zero-order valence-corrected chi connectivity index (χ0v) is 13.6. The summed E-state index contributed by atoms with van der Waals surface area (Å²) in [6, 6.07) is 7.08. The van der Waals surface area contributed by atoms with Gasteiger partial charge in [-0.1, -0.05) is 32.1 Å². The molecule has 0 heterocycles. The number of alkyl halides is 3. The van der Waals surface area contributed by atoms with Crippen molar-refractivity contribution in [2.24, 2.45) is 0 Å². The Hall–Kier alpha value is -1.52. The molecular weight excluding hydrogens is 305 g/mol. The molecule has 0 unspecified atom stereocenters. The summed E-state index contributed by atoms with van der Waals surface area (Å²) in [6.07, 6.45) is 1.03. The molecule has 0 saturated heterocycles. The van der Waals surface area contributed by atoms with E-state index < -0.39 is 12.6 Å². The molecule has 23 heavy (non-hydrogen) atoms. The fraction of sp³-hybridized carbons (Fsp3) is 0.611. The quantitative estimate of drug-likeness (QED) is 0.370. The zero-order chi connectivity index (χ0) is 17.1. The van der Waals surface area contributed by atoms with E-state index in [-0.39, 0.29) is 12.2 Å².